The molecule has 4 atom stereocenters. The van der Waals surface area contributed by atoms with Crippen LogP contribution in [0.3, 0.4) is 0 Å². The fraction of sp³-hybridized carbons (Fsp3) is 0.824. The zero-order valence-corrected chi connectivity index (χ0v) is 12.6. The average molecular weight is 277 g/mol. The second-order valence-corrected chi connectivity index (χ2v) is 7.07. The number of hydrogen-bond acceptors (Lipinski definition) is 1. The molecule has 1 amide bonds. The number of rotatable bonds is 4. The van der Waals surface area contributed by atoms with E-state index < -0.39 is 0 Å². The lowest BCUT2D eigenvalue weighted by molar-refractivity contribution is -0.944. The summed E-state index contributed by atoms with van der Waals surface area (Å²) in [4.78, 5) is 13.9. The first-order valence-corrected chi connectivity index (χ1v) is 8.52. The molecule has 0 aromatic rings. The molecule has 4 aliphatic rings. The van der Waals surface area contributed by atoms with Crippen molar-refractivity contribution in [2.75, 3.05) is 19.6 Å². The molecule has 3 nitrogen and oxygen atoms in total. The van der Waals surface area contributed by atoms with Crippen molar-refractivity contribution in [1.29, 1.82) is 0 Å². The molecule has 1 saturated carbocycles. The summed E-state index contributed by atoms with van der Waals surface area (Å²) in [6.45, 7) is 7.40. The van der Waals surface area contributed by atoms with E-state index >= 15 is 0 Å². The van der Waals surface area contributed by atoms with E-state index in [2.05, 4.69) is 18.0 Å². The Balaban J connectivity index is 1.47. The molecule has 1 unspecified atom stereocenters. The standard InChI is InChI=1S/C17H28N2O/c1-2-13-12-19-9-8-15(13)10-16(19)11-18-17(20)14-6-4-3-5-7-14/h2,13-16H,1,3-12H2,(H,18,20)/p+1/t13-,15-,16+/m0/s1. The quantitative estimate of drug-likeness (QED) is 0.743. The van der Waals surface area contributed by atoms with Crippen LogP contribution >= 0.6 is 0 Å². The first kappa shape index (κ1) is 14.1. The van der Waals surface area contributed by atoms with Crippen LogP contribution in [0.2, 0.25) is 0 Å². The van der Waals surface area contributed by atoms with Crippen molar-refractivity contribution in [1.82, 2.24) is 5.32 Å². The monoisotopic (exact) mass is 277 g/mol. The van der Waals surface area contributed by atoms with E-state index in [0.717, 1.165) is 25.3 Å². The van der Waals surface area contributed by atoms with Crippen LogP contribution in [0.4, 0.5) is 0 Å². The second-order valence-electron chi connectivity index (χ2n) is 7.07. The summed E-state index contributed by atoms with van der Waals surface area (Å²) < 4.78 is 0. The number of carbonyl (C=O) groups excluding carboxylic acids is 1. The fourth-order valence-corrected chi connectivity index (χ4v) is 4.59. The summed E-state index contributed by atoms with van der Waals surface area (Å²) in [7, 11) is 0. The molecule has 4 rings (SSSR count). The Morgan fingerprint density at radius 1 is 1.25 bits per heavy atom. The number of fused-ring (bicyclic) bond motifs is 3. The van der Waals surface area contributed by atoms with Gasteiger partial charge in [-0.05, 0) is 18.8 Å². The van der Waals surface area contributed by atoms with Gasteiger partial charge in [0.05, 0.1) is 19.6 Å². The van der Waals surface area contributed by atoms with Gasteiger partial charge in [0.15, 0.2) is 0 Å². The zero-order chi connectivity index (χ0) is 13.9. The van der Waals surface area contributed by atoms with Crippen molar-refractivity contribution in [3.8, 4) is 0 Å². The van der Waals surface area contributed by atoms with Crippen molar-refractivity contribution in [3.05, 3.63) is 12.7 Å². The van der Waals surface area contributed by atoms with Crippen LogP contribution in [0, 0.1) is 17.8 Å². The van der Waals surface area contributed by atoms with Crippen molar-refractivity contribution >= 4 is 5.91 Å². The number of amides is 1. The zero-order valence-electron chi connectivity index (χ0n) is 12.6. The van der Waals surface area contributed by atoms with Gasteiger partial charge >= 0.3 is 0 Å². The number of hydrogen-bond donors (Lipinski definition) is 2. The van der Waals surface area contributed by atoms with Gasteiger partial charge in [-0.15, -0.1) is 6.58 Å². The minimum Gasteiger partial charge on any atom is -0.350 e. The third-order valence-electron chi connectivity index (χ3n) is 5.91. The van der Waals surface area contributed by atoms with Crippen molar-refractivity contribution in [3.63, 3.8) is 0 Å². The summed E-state index contributed by atoms with van der Waals surface area (Å²) in [5.74, 6) is 2.16. The Bertz CT molecular complexity index is 362. The van der Waals surface area contributed by atoms with Crippen LogP contribution in [-0.4, -0.2) is 31.6 Å². The summed E-state index contributed by atoms with van der Waals surface area (Å²) in [6, 6.07) is 0.650. The van der Waals surface area contributed by atoms with Gasteiger partial charge in [-0.1, -0.05) is 25.3 Å². The topological polar surface area (TPSA) is 33.5 Å². The largest absolute Gasteiger partial charge is 0.350 e. The van der Waals surface area contributed by atoms with E-state index in [1.54, 1.807) is 4.90 Å². The highest BCUT2D eigenvalue weighted by Crippen LogP contribution is 2.27. The molecule has 20 heavy (non-hydrogen) atoms. The molecule has 4 fully saturated rings. The molecular weight excluding hydrogens is 248 g/mol. The van der Waals surface area contributed by atoms with Gasteiger partial charge in [0, 0.05) is 24.7 Å². The number of nitrogens with one attached hydrogen (secondary N) is 2. The van der Waals surface area contributed by atoms with Crippen LogP contribution in [0.1, 0.15) is 44.9 Å². The number of carbonyl (C=O) groups is 1. The Morgan fingerprint density at radius 2 is 2.05 bits per heavy atom. The van der Waals surface area contributed by atoms with E-state index in [4.69, 9.17) is 0 Å². The molecule has 112 valence electrons. The number of piperidine rings is 3. The highest BCUT2D eigenvalue weighted by Gasteiger charge is 2.42. The highest BCUT2D eigenvalue weighted by molar-refractivity contribution is 5.78. The average Bonchev–Trinajstić information content (AvgIpc) is 2.53. The molecule has 3 aliphatic heterocycles. The Kier molecular flexibility index (Phi) is 4.45. The van der Waals surface area contributed by atoms with Gasteiger partial charge in [-0.3, -0.25) is 4.79 Å². The maximum atomic E-state index is 12.2. The summed E-state index contributed by atoms with van der Waals surface area (Å²) in [5, 5.41) is 3.25. The predicted octanol–water partition coefficient (Wildman–Crippen LogP) is 1.16. The van der Waals surface area contributed by atoms with E-state index in [0.29, 0.717) is 23.8 Å². The first-order chi connectivity index (χ1) is 9.78. The van der Waals surface area contributed by atoms with E-state index in [9.17, 15) is 4.79 Å². The first-order valence-electron chi connectivity index (χ1n) is 8.52. The molecular formula is C17H29N2O+. The molecule has 2 N–H and O–H groups in total. The van der Waals surface area contributed by atoms with Crippen LogP contribution in [-0.2, 0) is 4.79 Å². The maximum absolute atomic E-state index is 12.2. The molecule has 3 saturated heterocycles. The van der Waals surface area contributed by atoms with Crippen molar-refractivity contribution in [2.45, 2.75) is 51.0 Å². The van der Waals surface area contributed by atoms with Gasteiger partial charge in [0.25, 0.3) is 0 Å². The highest BCUT2D eigenvalue weighted by atomic mass is 16.1. The predicted molar refractivity (Wildman–Crippen MR) is 80.5 cm³/mol. The molecule has 0 aromatic carbocycles. The third-order valence-corrected chi connectivity index (χ3v) is 5.91. The van der Waals surface area contributed by atoms with Crippen molar-refractivity contribution in [2.24, 2.45) is 17.8 Å². The van der Waals surface area contributed by atoms with Gasteiger partial charge in [0.2, 0.25) is 5.91 Å². The lowest BCUT2D eigenvalue weighted by Gasteiger charge is -2.46. The molecule has 3 heteroatoms. The normalized spacial score (nSPS) is 37.6. The Morgan fingerprint density at radius 3 is 2.70 bits per heavy atom. The molecule has 0 radical (unpaired) electrons. The van der Waals surface area contributed by atoms with Gasteiger partial charge < -0.3 is 10.2 Å². The fourth-order valence-electron chi connectivity index (χ4n) is 4.59. The molecule has 1 aliphatic carbocycles. The third kappa shape index (κ3) is 2.93. The summed E-state index contributed by atoms with van der Waals surface area (Å²) >= 11 is 0. The van der Waals surface area contributed by atoms with Gasteiger partial charge in [-0.2, -0.15) is 0 Å². The van der Waals surface area contributed by atoms with E-state index in [-0.39, 0.29) is 0 Å². The van der Waals surface area contributed by atoms with Crippen LogP contribution in [0.25, 0.3) is 0 Å². The molecule has 3 heterocycles. The maximum Gasteiger partial charge on any atom is 0.223 e. The lowest BCUT2D eigenvalue weighted by Crippen LogP contribution is -3.20. The summed E-state index contributed by atoms with van der Waals surface area (Å²) in [5.41, 5.74) is 0. The second kappa shape index (κ2) is 6.30. The lowest BCUT2D eigenvalue weighted by atomic mass is 9.75. The number of quaternary nitrogens is 1. The van der Waals surface area contributed by atoms with E-state index in [1.807, 2.05) is 0 Å². The van der Waals surface area contributed by atoms with Gasteiger partial charge in [0.1, 0.15) is 6.04 Å². The summed E-state index contributed by atoms with van der Waals surface area (Å²) in [6.07, 6.45) is 10.8. The van der Waals surface area contributed by atoms with Crippen LogP contribution < -0.4 is 10.2 Å². The smallest absolute Gasteiger partial charge is 0.223 e. The molecule has 0 aromatic heterocycles. The molecule has 0 spiro atoms. The minimum absolute atomic E-state index is 0.301. The van der Waals surface area contributed by atoms with E-state index in [1.165, 1.54) is 45.2 Å². The Hall–Kier alpha value is -0.830. The van der Waals surface area contributed by atoms with Crippen LogP contribution in [0.15, 0.2) is 12.7 Å². The Labute approximate surface area is 122 Å². The SMILES string of the molecule is C=C[C@H]1C[NH+]2CC[C@H]1C[C@@H]2CNC(=O)C1CCCCC1. The molecule has 2 bridgehead atoms. The van der Waals surface area contributed by atoms with Gasteiger partial charge in [-0.25, -0.2) is 0 Å². The minimum atomic E-state index is 0.301. The van der Waals surface area contributed by atoms with Crippen molar-refractivity contribution < 1.29 is 9.69 Å². The van der Waals surface area contributed by atoms with Crippen LogP contribution in [0.5, 0.6) is 0 Å².